The smallest absolute Gasteiger partial charge is 0.326 e. The van der Waals surface area contributed by atoms with E-state index in [2.05, 4.69) is 5.32 Å². The zero-order chi connectivity index (χ0) is 13.9. The lowest BCUT2D eigenvalue weighted by atomic mass is 10.0. The Morgan fingerprint density at radius 2 is 2.11 bits per heavy atom. The summed E-state index contributed by atoms with van der Waals surface area (Å²) in [6, 6.07) is 3.05. The minimum atomic E-state index is -1.00. The number of nitrogens with zero attached hydrogens (tertiary/aromatic N) is 1. The van der Waals surface area contributed by atoms with Gasteiger partial charge >= 0.3 is 5.97 Å². The molecule has 0 spiro atoms. The molecule has 0 radical (unpaired) electrons. The predicted octanol–water partition coefficient (Wildman–Crippen LogP) is 2.77. The molecule has 18 heavy (non-hydrogen) atoms. The average molecular weight is 273 g/mol. The van der Waals surface area contributed by atoms with Gasteiger partial charge in [0.1, 0.15) is 6.04 Å². The summed E-state index contributed by atoms with van der Waals surface area (Å²) in [5, 5.41) is 22.4. The largest absolute Gasteiger partial charge is 0.480 e. The van der Waals surface area contributed by atoms with Crippen LogP contribution in [-0.4, -0.2) is 22.0 Å². The molecule has 0 aromatic heterocycles. The lowest BCUT2D eigenvalue weighted by Crippen LogP contribution is -2.34. The van der Waals surface area contributed by atoms with E-state index in [0.717, 1.165) is 0 Å². The topological polar surface area (TPSA) is 92.5 Å². The molecule has 0 unspecified atom stereocenters. The highest BCUT2D eigenvalue weighted by Gasteiger charge is 2.22. The van der Waals surface area contributed by atoms with Crippen LogP contribution in [0.1, 0.15) is 13.8 Å². The molecular weight excluding hydrogens is 260 g/mol. The molecule has 0 aliphatic rings. The van der Waals surface area contributed by atoms with E-state index in [1.54, 1.807) is 13.8 Å². The number of anilines is 1. The van der Waals surface area contributed by atoms with Crippen LogP contribution in [0.25, 0.3) is 0 Å². The first-order valence-electron chi connectivity index (χ1n) is 5.26. The molecular formula is C11H13ClN2O4. The molecule has 1 aromatic carbocycles. The molecule has 0 amide bonds. The Morgan fingerprint density at radius 1 is 1.50 bits per heavy atom. The van der Waals surface area contributed by atoms with Crippen LogP contribution < -0.4 is 5.32 Å². The summed E-state index contributed by atoms with van der Waals surface area (Å²) in [7, 11) is 0. The molecule has 1 atom stereocenters. The number of carbonyl (C=O) groups is 1. The van der Waals surface area contributed by atoms with Gasteiger partial charge < -0.3 is 10.4 Å². The van der Waals surface area contributed by atoms with E-state index >= 15 is 0 Å². The first kappa shape index (κ1) is 14.2. The molecule has 2 N–H and O–H groups in total. The van der Waals surface area contributed by atoms with E-state index in [4.69, 9.17) is 16.7 Å². The molecule has 0 aliphatic carbocycles. The van der Waals surface area contributed by atoms with Gasteiger partial charge in [0, 0.05) is 12.1 Å². The minimum absolute atomic E-state index is 0.121. The highest BCUT2D eigenvalue weighted by molar-refractivity contribution is 6.33. The second-order valence-electron chi connectivity index (χ2n) is 4.13. The fourth-order valence-electron chi connectivity index (χ4n) is 1.42. The molecule has 0 bridgehead atoms. The van der Waals surface area contributed by atoms with E-state index in [1.807, 2.05) is 0 Å². The molecule has 1 aromatic rings. The maximum absolute atomic E-state index is 11.0. The number of carboxylic acid groups (broad SMARTS) is 1. The van der Waals surface area contributed by atoms with Crippen LogP contribution in [0.5, 0.6) is 0 Å². The Morgan fingerprint density at radius 3 is 2.50 bits per heavy atom. The van der Waals surface area contributed by atoms with E-state index in [0.29, 0.717) is 5.69 Å². The van der Waals surface area contributed by atoms with Crippen molar-refractivity contribution >= 4 is 28.9 Å². The second-order valence-corrected chi connectivity index (χ2v) is 4.53. The zero-order valence-corrected chi connectivity index (χ0v) is 10.6. The van der Waals surface area contributed by atoms with Crippen molar-refractivity contribution in [1.29, 1.82) is 0 Å². The number of nitro groups is 1. The first-order valence-corrected chi connectivity index (χ1v) is 5.64. The van der Waals surface area contributed by atoms with Crippen molar-refractivity contribution in [1.82, 2.24) is 0 Å². The van der Waals surface area contributed by atoms with Gasteiger partial charge in [0.05, 0.1) is 15.6 Å². The number of nitrogens with one attached hydrogen (secondary N) is 1. The molecule has 7 heteroatoms. The maximum Gasteiger partial charge on any atom is 0.326 e. The van der Waals surface area contributed by atoms with Crippen molar-refractivity contribution in [3.63, 3.8) is 0 Å². The number of halogens is 1. The van der Waals surface area contributed by atoms with Gasteiger partial charge in [-0.2, -0.15) is 0 Å². The van der Waals surface area contributed by atoms with Crippen molar-refractivity contribution < 1.29 is 14.8 Å². The molecule has 6 nitrogen and oxygen atoms in total. The molecule has 0 saturated carbocycles. The maximum atomic E-state index is 11.0. The molecule has 98 valence electrons. The average Bonchev–Trinajstić information content (AvgIpc) is 2.25. The van der Waals surface area contributed by atoms with Crippen molar-refractivity contribution in [2.75, 3.05) is 5.32 Å². The zero-order valence-electron chi connectivity index (χ0n) is 9.88. The van der Waals surface area contributed by atoms with Crippen molar-refractivity contribution in [2.45, 2.75) is 19.9 Å². The van der Waals surface area contributed by atoms with E-state index in [1.165, 1.54) is 18.2 Å². The SMILES string of the molecule is CC(C)[C@@H](Nc1ccc([N+](=O)[O-])cc1Cl)C(=O)O. The summed E-state index contributed by atoms with van der Waals surface area (Å²) >= 11 is 5.87. The van der Waals surface area contributed by atoms with Crippen LogP contribution in [0.15, 0.2) is 18.2 Å². The number of non-ortho nitro benzene ring substituents is 1. The number of carboxylic acids is 1. The highest BCUT2D eigenvalue weighted by atomic mass is 35.5. The second kappa shape index (κ2) is 5.68. The number of nitro benzene ring substituents is 1. The quantitative estimate of drug-likeness (QED) is 0.635. The Bertz CT molecular complexity index is 476. The number of hydrogen-bond donors (Lipinski definition) is 2. The fraction of sp³-hybridized carbons (Fsp3) is 0.364. The lowest BCUT2D eigenvalue weighted by Gasteiger charge is -2.19. The summed E-state index contributed by atoms with van der Waals surface area (Å²) in [4.78, 5) is 21.0. The van der Waals surface area contributed by atoms with Gasteiger partial charge in [-0.05, 0) is 12.0 Å². The number of rotatable bonds is 5. The Hall–Kier alpha value is -1.82. The third-order valence-corrected chi connectivity index (χ3v) is 2.72. The third-order valence-electron chi connectivity index (χ3n) is 2.41. The van der Waals surface area contributed by atoms with Crippen molar-refractivity contribution in [2.24, 2.45) is 5.92 Å². The van der Waals surface area contributed by atoms with Crippen molar-refractivity contribution in [3.05, 3.63) is 33.3 Å². The number of benzene rings is 1. The van der Waals surface area contributed by atoms with Gasteiger partial charge in [-0.25, -0.2) is 4.79 Å². The van der Waals surface area contributed by atoms with Gasteiger partial charge in [0.2, 0.25) is 0 Å². The van der Waals surface area contributed by atoms with Gasteiger partial charge in [-0.15, -0.1) is 0 Å². The summed E-state index contributed by atoms with van der Waals surface area (Å²) in [5.41, 5.74) is 0.227. The Balaban J connectivity index is 2.97. The predicted molar refractivity (Wildman–Crippen MR) is 68.0 cm³/mol. The summed E-state index contributed by atoms with van der Waals surface area (Å²) < 4.78 is 0. The molecule has 0 saturated heterocycles. The first-order chi connectivity index (χ1) is 8.32. The summed E-state index contributed by atoms with van der Waals surface area (Å²) in [6.07, 6.45) is 0. The molecule has 0 fully saturated rings. The monoisotopic (exact) mass is 272 g/mol. The minimum Gasteiger partial charge on any atom is -0.480 e. The van der Waals surface area contributed by atoms with Crippen LogP contribution in [0.2, 0.25) is 5.02 Å². The fourth-order valence-corrected chi connectivity index (χ4v) is 1.65. The van der Waals surface area contributed by atoms with Crippen LogP contribution in [-0.2, 0) is 4.79 Å². The lowest BCUT2D eigenvalue weighted by molar-refractivity contribution is -0.384. The van der Waals surface area contributed by atoms with Crippen LogP contribution in [0, 0.1) is 16.0 Å². The summed E-state index contributed by atoms with van der Waals surface area (Å²) in [6.45, 7) is 3.51. The molecule has 0 aliphatic heterocycles. The normalized spacial score (nSPS) is 12.2. The molecule has 1 rings (SSSR count). The third kappa shape index (κ3) is 3.33. The van der Waals surface area contributed by atoms with Gasteiger partial charge in [-0.1, -0.05) is 25.4 Å². The number of aliphatic carboxylic acids is 1. The van der Waals surface area contributed by atoms with Crippen LogP contribution >= 0.6 is 11.6 Å². The van der Waals surface area contributed by atoms with E-state index in [9.17, 15) is 14.9 Å². The highest BCUT2D eigenvalue weighted by Crippen LogP contribution is 2.27. The number of hydrogen-bond acceptors (Lipinski definition) is 4. The van der Waals surface area contributed by atoms with Crippen molar-refractivity contribution in [3.8, 4) is 0 Å². The van der Waals surface area contributed by atoms with Crippen LogP contribution in [0.4, 0.5) is 11.4 Å². The van der Waals surface area contributed by atoms with Crippen LogP contribution in [0.3, 0.4) is 0 Å². The van der Waals surface area contributed by atoms with Gasteiger partial charge in [0.15, 0.2) is 0 Å². The Labute approximate surface area is 109 Å². The molecule has 0 heterocycles. The van der Waals surface area contributed by atoms with Gasteiger partial charge in [0.25, 0.3) is 5.69 Å². The summed E-state index contributed by atoms with van der Waals surface area (Å²) in [5.74, 6) is -1.15. The van der Waals surface area contributed by atoms with Gasteiger partial charge in [-0.3, -0.25) is 10.1 Å². The Kier molecular flexibility index (Phi) is 4.49. The standard InChI is InChI=1S/C11H13ClN2O4/c1-6(2)10(11(15)16)13-9-4-3-7(14(17)18)5-8(9)12/h3-6,10,13H,1-2H3,(H,15,16)/t10-/m1/s1. The van der Waals surface area contributed by atoms with E-state index in [-0.39, 0.29) is 16.6 Å². The van der Waals surface area contributed by atoms with E-state index < -0.39 is 16.9 Å².